The molecule has 8 nitrogen and oxygen atoms in total. The van der Waals surface area contributed by atoms with Gasteiger partial charge in [-0.2, -0.15) is 0 Å². The summed E-state index contributed by atoms with van der Waals surface area (Å²) in [4.78, 5) is 26.2. The zero-order valence-corrected chi connectivity index (χ0v) is 10.1. The molecule has 0 atom stereocenters. The lowest BCUT2D eigenvalue weighted by Gasteiger charge is -2.04. The van der Waals surface area contributed by atoms with Crippen LogP contribution < -0.4 is 5.32 Å². The van der Waals surface area contributed by atoms with E-state index in [1.165, 1.54) is 18.5 Å². The zero-order chi connectivity index (χ0) is 13.8. The minimum atomic E-state index is -1.08. The lowest BCUT2D eigenvalue weighted by Crippen LogP contribution is -2.25. The number of nitrogens with one attached hydrogen (secondary N) is 1. The number of carboxylic acids is 1. The Morgan fingerprint density at radius 2 is 2.21 bits per heavy atom. The first kappa shape index (κ1) is 12.7. The van der Waals surface area contributed by atoms with E-state index in [2.05, 4.69) is 20.5 Å². The van der Waals surface area contributed by atoms with Crippen molar-refractivity contribution in [2.24, 2.45) is 7.05 Å². The first-order valence-corrected chi connectivity index (χ1v) is 5.38. The number of nitrogens with zero attached hydrogens (tertiary/aromatic N) is 4. The molecule has 0 radical (unpaired) electrons. The van der Waals surface area contributed by atoms with Gasteiger partial charge in [0, 0.05) is 13.2 Å². The van der Waals surface area contributed by atoms with Gasteiger partial charge in [0.2, 0.25) is 0 Å². The maximum absolute atomic E-state index is 11.8. The third-order valence-corrected chi connectivity index (χ3v) is 2.46. The predicted octanol–water partition coefficient (Wildman–Crippen LogP) is -0.162. The van der Waals surface area contributed by atoms with Gasteiger partial charge in [0.15, 0.2) is 5.82 Å². The fourth-order valence-corrected chi connectivity index (χ4v) is 1.37. The maximum Gasteiger partial charge on any atom is 0.337 e. The van der Waals surface area contributed by atoms with E-state index in [-0.39, 0.29) is 17.8 Å². The molecule has 0 fully saturated rings. The Balaban J connectivity index is 2.00. The van der Waals surface area contributed by atoms with Crippen LogP contribution in [0.5, 0.6) is 0 Å². The van der Waals surface area contributed by atoms with Crippen molar-refractivity contribution in [1.29, 1.82) is 0 Å². The van der Waals surface area contributed by atoms with Crippen molar-refractivity contribution >= 4 is 11.9 Å². The number of amides is 1. The smallest absolute Gasteiger partial charge is 0.337 e. The fourth-order valence-electron chi connectivity index (χ4n) is 1.37. The first-order chi connectivity index (χ1) is 9.08. The lowest BCUT2D eigenvalue weighted by atomic mass is 10.2. The number of rotatable bonds is 4. The normalized spacial score (nSPS) is 10.2. The standard InChI is InChI=1S/C11H11N5O3/c1-16-6-14-15-9(16)5-13-10(17)8-3-2-7(4-12-8)11(18)19/h2-4,6H,5H2,1H3,(H,13,17)(H,18,19). The first-order valence-electron chi connectivity index (χ1n) is 5.38. The third kappa shape index (κ3) is 2.92. The summed E-state index contributed by atoms with van der Waals surface area (Å²) in [6.45, 7) is 0.220. The van der Waals surface area contributed by atoms with Gasteiger partial charge < -0.3 is 15.0 Å². The highest BCUT2D eigenvalue weighted by atomic mass is 16.4. The Bertz CT molecular complexity index is 605. The van der Waals surface area contributed by atoms with Gasteiger partial charge in [0.1, 0.15) is 12.0 Å². The van der Waals surface area contributed by atoms with Crippen molar-refractivity contribution < 1.29 is 14.7 Å². The number of hydrogen-bond acceptors (Lipinski definition) is 5. The summed E-state index contributed by atoms with van der Waals surface area (Å²) in [5.41, 5.74) is 0.178. The molecule has 0 unspecified atom stereocenters. The van der Waals surface area contributed by atoms with Crippen molar-refractivity contribution in [1.82, 2.24) is 25.1 Å². The molecule has 2 aromatic rings. The van der Waals surface area contributed by atoms with Crippen LogP contribution in [0.4, 0.5) is 0 Å². The molecule has 0 aliphatic rings. The van der Waals surface area contributed by atoms with Crippen LogP contribution in [-0.4, -0.2) is 36.7 Å². The number of aromatic carboxylic acids is 1. The molecule has 0 saturated heterocycles. The average molecular weight is 261 g/mol. The summed E-state index contributed by atoms with van der Waals surface area (Å²) in [6, 6.07) is 2.68. The second-order valence-electron chi connectivity index (χ2n) is 3.78. The SMILES string of the molecule is Cn1cnnc1CNC(=O)c1ccc(C(=O)O)cn1. The molecular weight excluding hydrogens is 250 g/mol. The third-order valence-electron chi connectivity index (χ3n) is 2.46. The lowest BCUT2D eigenvalue weighted by molar-refractivity contribution is 0.0695. The molecule has 19 heavy (non-hydrogen) atoms. The van der Waals surface area contributed by atoms with Crippen LogP contribution in [0, 0.1) is 0 Å². The highest BCUT2D eigenvalue weighted by molar-refractivity contribution is 5.93. The maximum atomic E-state index is 11.8. The van der Waals surface area contributed by atoms with Crippen LogP contribution in [0.1, 0.15) is 26.7 Å². The molecule has 1 amide bonds. The van der Waals surface area contributed by atoms with Crippen LogP contribution in [0.15, 0.2) is 24.7 Å². The van der Waals surface area contributed by atoms with Crippen LogP contribution in [0.2, 0.25) is 0 Å². The number of hydrogen-bond donors (Lipinski definition) is 2. The van der Waals surface area contributed by atoms with Crippen molar-refractivity contribution in [2.75, 3.05) is 0 Å². The molecule has 2 heterocycles. The minimum absolute atomic E-state index is 0.0323. The van der Waals surface area contributed by atoms with Crippen LogP contribution in [-0.2, 0) is 13.6 Å². The zero-order valence-electron chi connectivity index (χ0n) is 10.1. The van der Waals surface area contributed by atoms with E-state index in [4.69, 9.17) is 5.11 Å². The van der Waals surface area contributed by atoms with E-state index in [1.54, 1.807) is 11.6 Å². The summed E-state index contributed by atoms with van der Waals surface area (Å²) in [5, 5.41) is 18.8. The number of carbonyl (C=O) groups excluding carboxylic acids is 1. The molecule has 0 saturated carbocycles. The van der Waals surface area contributed by atoms with Crippen LogP contribution in [0.25, 0.3) is 0 Å². The van der Waals surface area contributed by atoms with Gasteiger partial charge >= 0.3 is 5.97 Å². The molecular formula is C11H11N5O3. The topological polar surface area (TPSA) is 110 Å². The van der Waals surface area contributed by atoms with Gasteiger partial charge in [-0.05, 0) is 12.1 Å². The molecule has 0 aromatic carbocycles. The number of pyridine rings is 1. The number of carbonyl (C=O) groups is 2. The number of aromatic nitrogens is 4. The Hall–Kier alpha value is -2.77. The highest BCUT2D eigenvalue weighted by Crippen LogP contribution is 2.01. The van der Waals surface area contributed by atoms with Crippen LogP contribution in [0.3, 0.4) is 0 Å². The monoisotopic (exact) mass is 261 g/mol. The highest BCUT2D eigenvalue weighted by Gasteiger charge is 2.10. The summed E-state index contributed by atoms with van der Waals surface area (Å²) < 4.78 is 1.68. The molecule has 0 aliphatic heterocycles. The van der Waals surface area contributed by atoms with Crippen molar-refractivity contribution in [2.45, 2.75) is 6.54 Å². The molecule has 2 rings (SSSR count). The largest absolute Gasteiger partial charge is 0.478 e. The Morgan fingerprint density at radius 1 is 1.42 bits per heavy atom. The molecule has 8 heteroatoms. The second-order valence-corrected chi connectivity index (χ2v) is 3.78. The van der Waals surface area contributed by atoms with Crippen LogP contribution >= 0.6 is 0 Å². The van der Waals surface area contributed by atoms with Gasteiger partial charge in [0.25, 0.3) is 5.91 Å². The minimum Gasteiger partial charge on any atom is -0.478 e. The predicted molar refractivity (Wildman–Crippen MR) is 63.4 cm³/mol. The van der Waals surface area contributed by atoms with Crippen molar-refractivity contribution in [3.8, 4) is 0 Å². The Morgan fingerprint density at radius 3 is 2.74 bits per heavy atom. The quantitative estimate of drug-likeness (QED) is 0.791. The Labute approximate surface area is 108 Å². The summed E-state index contributed by atoms with van der Waals surface area (Å²) >= 11 is 0. The average Bonchev–Trinajstić information content (AvgIpc) is 2.81. The second kappa shape index (κ2) is 5.25. The van der Waals surface area contributed by atoms with Crippen molar-refractivity contribution in [3.63, 3.8) is 0 Å². The molecule has 2 N–H and O–H groups in total. The van der Waals surface area contributed by atoms with E-state index in [9.17, 15) is 9.59 Å². The number of carboxylic acid groups (broad SMARTS) is 1. The summed E-state index contributed by atoms with van der Waals surface area (Å²) in [6.07, 6.45) is 2.67. The van der Waals surface area contributed by atoms with Crippen molar-refractivity contribution in [3.05, 3.63) is 41.7 Å². The molecule has 98 valence electrons. The van der Waals surface area contributed by atoms with Gasteiger partial charge in [-0.25, -0.2) is 4.79 Å². The Kier molecular flexibility index (Phi) is 3.51. The van der Waals surface area contributed by atoms with E-state index in [1.807, 2.05) is 0 Å². The van der Waals surface area contributed by atoms with E-state index in [0.29, 0.717) is 5.82 Å². The molecule has 0 aliphatic carbocycles. The number of aryl methyl sites for hydroxylation is 1. The van der Waals surface area contributed by atoms with E-state index in [0.717, 1.165) is 6.20 Å². The summed E-state index contributed by atoms with van der Waals surface area (Å²) in [5.74, 6) is -0.881. The van der Waals surface area contributed by atoms with Gasteiger partial charge in [-0.3, -0.25) is 9.78 Å². The molecule has 2 aromatic heterocycles. The van der Waals surface area contributed by atoms with E-state index < -0.39 is 11.9 Å². The van der Waals surface area contributed by atoms with Gasteiger partial charge in [-0.15, -0.1) is 10.2 Å². The fraction of sp³-hybridized carbons (Fsp3) is 0.182. The van der Waals surface area contributed by atoms with E-state index >= 15 is 0 Å². The van der Waals surface area contributed by atoms with Gasteiger partial charge in [-0.1, -0.05) is 0 Å². The van der Waals surface area contributed by atoms with Gasteiger partial charge in [0.05, 0.1) is 12.1 Å². The summed E-state index contributed by atoms with van der Waals surface area (Å²) in [7, 11) is 1.77. The molecule has 0 bridgehead atoms. The molecule has 0 spiro atoms.